The molecule has 0 aromatic heterocycles. The number of nitrogens with zero attached hydrogens (tertiary/aromatic N) is 1. The first kappa shape index (κ1) is 14.8. The Morgan fingerprint density at radius 1 is 1.42 bits per heavy atom. The van der Waals surface area contributed by atoms with Crippen molar-refractivity contribution in [3.05, 3.63) is 28.8 Å². The molecule has 1 aromatic carbocycles. The largest absolute Gasteiger partial charge is 0.313 e. The lowest BCUT2D eigenvalue weighted by Crippen LogP contribution is -2.58. The van der Waals surface area contributed by atoms with Gasteiger partial charge in [0.25, 0.3) is 0 Å². The van der Waals surface area contributed by atoms with Crippen LogP contribution in [0.15, 0.2) is 23.1 Å². The third-order valence-electron chi connectivity index (χ3n) is 3.35. The van der Waals surface area contributed by atoms with E-state index in [0.29, 0.717) is 16.5 Å². The molecule has 19 heavy (non-hydrogen) atoms. The highest BCUT2D eigenvalue weighted by atomic mass is 35.5. The molecular formula is C13H19ClN2O2S. The number of sulfonamides is 1. The normalized spacial score (nSPS) is 16.6. The molecule has 1 saturated heterocycles. The molecule has 0 atom stereocenters. The number of hydrogen-bond acceptors (Lipinski definition) is 3. The number of benzene rings is 1. The Bertz CT molecular complexity index is 556. The first-order chi connectivity index (χ1) is 8.96. The van der Waals surface area contributed by atoms with E-state index in [1.807, 2.05) is 6.92 Å². The van der Waals surface area contributed by atoms with Gasteiger partial charge in [0.2, 0.25) is 10.0 Å². The third-order valence-corrected chi connectivity index (χ3v) is 5.68. The first-order valence-electron chi connectivity index (χ1n) is 6.45. The molecule has 0 spiro atoms. The summed E-state index contributed by atoms with van der Waals surface area (Å²) < 4.78 is 27.1. The Labute approximate surface area is 119 Å². The summed E-state index contributed by atoms with van der Waals surface area (Å²) in [6.07, 6.45) is 0.801. The molecule has 4 nitrogen and oxygen atoms in total. The van der Waals surface area contributed by atoms with Gasteiger partial charge < -0.3 is 5.32 Å². The van der Waals surface area contributed by atoms with Crippen LogP contribution in [0.25, 0.3) is 0 Å². The van der Waals surface area contributed by atoms with E-state index in [1.165, 1.54) is 0 Å². The molecule has 2 rings (SSSR count). The van der Waals surface area contributed by atoms with Crippen molar-refractivity contribution in [1.29, 1.82) is 0 Å². The van der Waals surface area contributed by atoms with Crippen molar-refractivity contribution in [1.82, 2.24) is 9.62 Å². The van der Waals surface area contributed by atoms with Gasteiger partial charge in [0, 0.05) is 24.7 Å². The minimum absolute atomic E-state index is 0.0586. The van der Waals surface area contributed by atoms with Crippen LogP contribution in [0.5, 0.6) is 0 Å². The summed E-state index contributed by atoms with van der Waals surface area (Å²) in [5.41, 5.74) is 0.734. The Kier molecular flexibility index (Phi) is 4.50. The SMILES string of the molecule is CCCN(C1CNC1)S(=O)(=O)c1cc(Cl)ccc1C. The Morgan fingerprint density at radius 2 is 2.11 bits per heavy atom. The van der Waals surface area contributed by atoms with Crippen LogP contribution in [-0.2, 0) is 10.0 Å². The van der Waals surface area contributed by atoms with E-state index in [2.05, 4.69) is 5.32 Å². The average molecular weight is 303 g/mol. The molecule has 1 aliphatic heterocycles. The van der Waals surface area contributed by atoms with Crippen molar-refractivity contribution in [3.63, 3.8) is 0 Å². The molecule has 1 aliphatic rings. The van der Waals surface area contributed by atoms with Gasteiger partial charge in [-0.25, -0.2) is 8.42 Å². The second-order valence-electron chi connectivity index (χ2n) is 4.84. The second kappa shape index (κ2) is 5.79. The molecule has 0 amide bonds. The van der Waals surface area contributed by atoms with Crippen LogP contribution in [-0.4, -0.2) is 38.4 Å². The van der Waals surface area contributed by atoms with Gasteiger partial charge in [0.15, 0.2) is 0 Å². The van der Waals surface area contributed by atoms with E-state index < -0.39 is 10.0 Å². The zero-order valence-electron chi connectivity index (χ0n) is 11.2. The fourth-order valence-corrected chi connectivity index (χ4v) is 4.38. The van der Waals surface area contributed by atoms with Crippen LogP contribution in [0, 0.1) is 6.92 Å². The van der Waals surface area contributed by atoms with Gasteiger partial charge in [-0.1, -0.05) is 24.6 Å². The minimum Gasteiger partial charge on any atom is -0.313 e. The van der Waals surface area contributed by atoms with Crippen molar-refractivity contribution in [3.8, 4) is 0 Å². The third kappa shape index (κ3) is 2.94. The number of aryl methyl sites for hydroxylation is 1. The Hall–Kier alpha value is -0.620. The van der Waals surface area contributed by atoms with E-state index in [-0.39, 0.29) is 6.04 Å². The quantitative estimate of drug-likeness (QED) is 0.905. The summed E-state index contributed by atoms with van der Waals surface area (Å²) in [5, 5.41) is 3.57. The summed E-state index contributed by atoms with van der Waals surface area (Å²) in [7, 11) is -3.47. The summed E-state index contributed by atoms with van der Waals surface area (Å²) >= 11 is 5.94. The van der Waals surface area contributed by atoms with E-state index in [0.717, 1.165) is 25.1 Å². The fourth-order valence-electron chi connectivity index (χ4n) is 2.17. The van der Waals surface area contributed by atoms with Crippen LogP contribution in [0.1, 0.15) is 18.9 Å². The lowest BCUT2D eigenvalue weighted by Gasteiger charge is -2.37. The van der Waals surface area contributed by atoms with Crippen molar-refractivity contribution < 1.29 is 8.42 Å². The molecule has 1 N–H and O–H groups in total. The number of hydrogen-bond donors (Lipinski definition) is 1. The van der Waals surface area contributed by atoms with Crippen LogP contribution in [0.3, 0.4) is 0 Å². The van der Waals surface area contributed by atoms with Gasteiger partial charge in [-0.2, -0.15) is 4.31 Å². The molecule has 0 radical (unpaired) electrons. The predicted octanol–water partition coefficient (Wildman–Crippen LogP) is 2.02. The van der Waals surface area contributed by atoms with Gasteiger partial charge in [0.1, 0.15) is 0 Å². The van der Waals surface area contributed by atoms with Gasteiger partial charge in [0.05, 0.1) is 10.9 Å². The summed E-state index contributed by atoms with van der Waals surface area (Å²) in [6, 6.07) is 5.06. The first-order valence-corrected chi connectivity index (χ1v) is 8.27. The fraction of sp³-hybridized carbons (Fsp3) is 0.538. The lowest BCUT2D eigenvalue weighted by molar-refractivity contribution is 0.242. The molecule has 0 bridgehead atoms. The molecule has 1 heterocycles. The van der Waals surface area contributed by atoms with Gasteiger partial charge >= 0.3 is 0 Å². The maximum Gasteiger partial charge on any atom is 0.243 e. The Balaban J connectivity index is 2.40. The number of rotatable bonds is 5. The number of halogens is 1. The molecule has 106 valence electrons. The highest BCUT2D eigenvalue weighted by Gasteiger charge is 2.34. The van der Waals surface area contributed by atoms with Crippen molar-refractivity contribution in [2.45, 2.75) is 31.2 Å². The van der Waals surface area contributed by atoms with Crippen LogP contribution >= 0.6 is 11.6 Å². The van der Waals surface area contributed by atoms with E-state index in [1.54, 1.807) is 29.4 Å². The Morgan fingerprint density at radius 3 is 2.63 bits per heavy atom. The maximum atomic E-state index is 12.8. The number of nitrogens with one attached hydrogen (secondary N) is 1. The van der Waals surface area contributed by atoms with E-state index in [4.69, 9.17) is 11.6 Å². The topological polar surface area (TPSA) is 49.4 Å². The monoisotopic (exact) mass is 302 g/mol. The van der Waals surface area contributed by atoms with Crippen LogP contribution < -0.4 is 5.32 Å². The van der Waals surface area contributed by atoms with Crippen LogP contribution in [0.4, 0.5) is 0 Å². The van der Waals surface area contributed by atoms with Crippen LogP contribution in [0.2, 0.25) is 5.02 Å². The van der Waals surface area contributed by atoms with E-state index >= 15 is 0 Å². The molecule has 1 fully saturated rings. The van der Waals surface area contributed by atoms with Gasteiger partial charge in [-0.15, -0.1) is 0 Å². The molecule has 0 unspecified atom stereocenters. The zero-order chi connectivity index (χ0) is 14.0. The average Bonchev–Trinajstić information content (AvgIpc) is 2.29. The molecule has 6 heteroatoms. The van der Waals surface area contributed by atoms with Gasteiger partial charge in [-0.05, 0) is 31.0 Å². The summed E-state index contributed by atoms with van der Waals surface area (Å²) in [4.78, 5) is 0.320. The highest BCUT2D eigenvalue weighted by Crippen LogP contribution is 2.26. The standard InChI is InChI=1S/C13H19ClN2O2S/c1-3-6-16(12-8-15-9-12)19(17,18)13-7-11(14)5-4-10(13)2/h4-5,7,12,15H,3,6,8-9H2,1-2H3. The minimum atomic E-state index is -3.47. The molecule has 1 aromatic rings. The highest BCUT2D eigenvalue weighted by molar-refractivity contribution is 7.89. The van der Waals surface area contributed by atoms with Crippen molar-refractivity contribution >= 4 is 21.6 Å². The second-order valence-corrected chi connectivity index (χ2v) is 7.13. The molecular weight excluding hydrogens is 284 g/mol. The molecule has 0 aliphatic carbocycles. The van der Waals surface area contributed by atoms with Crippen molar-refractivity contribution in [2.24, 2.45) is 0 Å². The molecule has 0 saturated carbocycles. The smallest absolute Gasteiger partial charge is 0.243 e. The maximum absolute atomic E-state index is 12.8. The summed E-state index contributed by atoms with van der Waals surface area (Å²) in [6.45, 7) is 5.77. The van der Waals surface area contributed by atoms with E-state index in [9.17, 15) is 8.42 Å². The van der Waals surface area contributed by atoms with Crippen molar-refractivity contribution in [2.75, 3.05) is 19.6 Å². The lowest BCUT2D eigenvalue weighted by atomic mass is 10.2. The summed E-state index contributed by atoms with van der Waals surface area (Å²) in [5.74, 6) is 0. The van der Waals surface area contributed by atoms with Gasteiger partial charge in [-0.3, -0.25) is 0 Å². The zero-order valence-corrected chi connectivity index (χ0v) is 12.8. The predicted molar refractivity (Wildman–Crippen MR) is 77.0 cm³/mol.